The largest absolute Gasteiger partial charge is 0.493 e. The molecule has 6 nitrogen and oxygen atoms in total. The lowest BCUT2D eigenvalue weighted by atomic mass is 10.1. The van der Waals surface area contributed by atoms with Crippen LogP contribution in [0.5, 0.6) is 11.5 Å². The van der Waals surface area contributed by atoms with Crippen molar-refractivity contribution in [2.45, 2.75) is 13.0 Å². The second-order valence-corrected chi connectivity index (χ2v) is 6.09. The van der Waals surface area contributed by atoms with Crippen molar-refractivity contribution in [2.24, 2.45) is 0 Å². The minimum atomic E-state index is -0.395. The van der Waals surface area contributed by atoms with Crippen LogP contribution in [0.3, 0.4) is 0 Å². The molecule has 0 aliphatic carbocycles. The van der Waals surface area contributed by atoms with Gasteiger partial charge in [0, 0.05) is 10.6 Å². The van der Waals surface area contributed by atoms with Gasteiger partial charge in [0.1, 0.15) is 0 Å². The third-order valence-corrected chi connectivity index (χ3v) is 4.09. The average molecular weight is 388 g/mol. The van der Waals surface area contributed by atoms with Crippen LogP contribution in [0.1, 0.15) is 11.5 Å². The molecule has 0 N–H and O–H groups in total. The summed E-state index contributed by atoms with van der Waals surface area (Å²) >= 11 is 5.87. The molecule has 0 aliphatic heterocycles. The Morgan fingerprint density at radius 2 is 1.81 bits per heavy atom. The second-order valence-electron chi connectivity index (χ2n) is 5.65. The van der Waals surface area contributed by atoms with E-state index in [1.807, 2.05) is 12.1 Å². The second kappa shape index (κ2) is 8.60. The molecule has 0 radical (unpaired) electrons. The molecular weight excluding hydrogens is 370 g/mol. The third kappa shape index (κ3) is 4.80. The molecule has 1 heterocycles. The molecular formula is C20H18ClNO5. The fourth-order valence-corrected chi connectivity index (χ4v) is 2.60. The van der Waals surface area contributed by atoms with Crippen LogP contribution in [0.4, 0.5) is 0 Å². The van der Waals surface area contributed by atoms with Gasteiger partial charge in [-0.1, -0.05) is 17.7 Å². The van der Waals surface area contributed by atoms with E-state index < -0.39 is 5.97 Å². The first-order chi connectivity index (χ1) is 13.1. The number of esters is 1. The molecule has 3 aromatic rings. The summed E-state index contributed by atoms with van der Waals surface area (Å²) < 4.78 is 21.3. The highest BCUT2D eigenvalue weighted by Gasteiger charge is 2.12. The van der Waals surface area contributed by atoms with Gasteiger partial charge in [-0.05, 0) is 42.0 Å². The number of rotatable bonds is 7. The van der Waals surface area contributed by atoms with Crippen LogP contribution < -0.4 is 9.47 Å². The summed E-state index contributed by atoms with van der Waals surface area (Å²) in [6.07, 6.45) is 1.69. The summed E-state index contributed by atoms with van der Waals surface area (Å²) in [7, 11) is 3.10. The van der Waals surface area contributed by atoms with Crippen LogP contribution in [0.25, 0.3) is 11.3 Å². The lowest BCUT2D eigenvalue weighted by molar-refractivity contribution is -0.144. The molecule has 0 bridgehead atoms. The lowest BCUT2D eigenvalue weighted by Crippen LogP contribution is -2.08. The Balaban J connectivity index is 1.57. The Morgan fingerprint density at radius 3 is 2.52 bits per heavy atom. The van der Waals surface area contributed by atoms with E-state index in [0.29, 0.717) is 28.2 Å². The maximum atomic E-state index is 12.1. The Bertz CT molecular complexity index is 920. The normalized spacial score (nSPS) is 10.5. The number of hydrogen-bond donors (Lipinski definition) is 0. The van der Waals surface area contributed by atoms with Crippen molar-refractivity contribution < 1.29 is 23.4 Å². The van der Waals surface area contributed by atoms with Crippen molar-refractivity contribution in [3.05, 3.63) is 65.1 Å². The third-order valence-electron chi connectivity index (χ3n) is 3.84. The SMILES string of the molecule is COc1ccc(CC(=O)OCc2ncc(-c3ccc(Cl)cc3)o2)cc1OC. The van der Waals surface area contributed by atoms with E-state index in [1.54, 1.807) is 50.7 Å². The molecule has 0 fully saturated rings. The molecule has 2 aromatic carbocycles. The molecule has 0 saturated carbocycles. The molecule has 0 amide bonds. The number of benzene rings is 2. The van der Waals surface area contributed by atoms with Gasteiger partial charge in [-0.15, -0.1) is 0 Å². The molecule has 0 aliphatic rings. The highest BCUT2D eigenvalue weighted by molar-refractivity contribution is 6.30. The van der Waals surface area contributed by atoms with Crippen LogP contribution in [0.15, 0.2) is 53.1 Å². The Kier molecular flexibility index (Phi) is 5.98. The van der Waals surface area contributed by atoms with Gasteiger partial charge >= 0.3 is 5.97 Å². The monoisotopic (exact) mass is 387 g/mol. The van der Waals surface area contributed by atoms with Crippen molar-refractivity contribution in [2.75, 3.05) is 14.2 Å². The van der Waals surface area contributed by atoms with Gasteiger partial charge in [0.15, 0.2) is 23.9 Å². The number of carbonyl (C=O) groups excluding carboxylic acids is 1. The van der Waals surface area contributed by atoms with Crippen LogP contribution in [-0.2, 0) is 22.6 Å². The first-order valence-electron chi connectivity index (χ1n) is 8.16. The fourth-order valence-electron chi connectivity index (χ4n) is 2.48. The fraction of sp³-hybridized carbons (Fsp3) is 0.200. The van der Waals surface area contributed by atoms with E-state index in [1.165, 1.54) is 0 Å². The van der Waals surface area contributed by atoms with E-state index in [9.17, 15) is 4.79 Å². The zero-order valence-electron chi connectivity index (χ0n) is 14.9. The van der Waals surface area contributed by atoms with Gasteiger partial charge in [0.05, 0.1) is 26.8 Å². The molecule has 0 saturated heterocycles. The van der Waals surface area contributed by atoms with Gasteiger partial charge in [-0.3, -0.25) is 4.79 Å². The summed E-state index contributed by atoms with van der Waals surface area (Å²) in [6, 6.07) is 12.5. The van der Waals surface area contributed by atoms with Crippen molar-refractivity contribution in [1.82, 2.24) is 4.98 Å². The van der Waals surface area contributed by atoms with E-state index in [-0.39, 0.29) is 13.0 Å². The molecule has 140 valence electrons. The summed E-state index contributed by atoms with van der Waals surface area (Å²) in [6.45, 7) is -0.0420. The van der Waals surface area contributed by atoms with Gasteiger partial charge in [-0.25, -0.2) is 4.98 Å². The average Bonchev–Trinajstić information content (AvgIpc) is 3.16. The van der Waals surface area contributed by atoms with Crippen molar-refractivity contribution in [3.8, 4) is 22.8 Å². The number of hydrogen-bond acceptors (Lipinski definition) is 6. The van der Waals surface area contributed by atoms with Crippen molar-refractivity contribution >= 4 is 17.6 Å². The maximum absolute atomic E-state index is 12.1. The summed E-state index contributed by atoms with van der Waals surface area (Å²) in [5.41, 5.74) is 1.60. The first kappa shape index (κ1) is 18.8. The molecule has 27 heavy (non-hydrogen) atoms. The number of carbonyl (C=O) groups is 1. The van der Waals surface area contributed by atoms with Gasteiger partial charge in [0.25, 0.3) is 0 Å². The van der Waals surface area contributed by atoms with E-state index in [4.69, 9.17) is 30.2 Å². The Labute approximate surface area is 161 Å². The molecule has 1 aromatic heterocycles. The number of ether oxygens (including phenoxy) is 3. The van der Waals surface area contributed by atoms with Crippen molar-refractivity contribution in [3.63, 3.8) is 0 Å². The minimum absolute atomic E-state index is 0.0420. The van der Waals surface area contributed by atoms with Crippen LogP contribution in [-0.4, -0.2) is 25.2 Å². The lowest BCUT2D eigenvalue weighted by Gasteiger charge is -2.09. The van der Waals surface area contributed by atoms with E-state index >= 15 is 0 Å². The zero-order chi connectivity index (χ0) is 19.2. The van der Waals surface area contributed by atoms with Crippen molar-refractivity contribution in [1.29, 1.82) is 0 Å². The Hall–Kier alpha value is -2.99. The maximum Gasteiger partial charge on any atom is 0.310 e. The van der Waals surface area contributed by atoms with Crippen LogP contribution in [0, 0.1) is 0 Å². The standard InChI is InChI=1S/C20H18ClNO5/c1-24-16-8-3-13(9-17(16)25-2)10-20(23)26-12-19-22-11-18(27-19)14-4-6-15(21)7-5-14/h3-9,11H,10,12H2,1-2H3. The number of aromatic nitrogens is 1. The molecule has 3 rings (SSSR count). The van der Waals surface area contributed by atoms with Crippen LogP contribution >= 0.6 is 11.6 Å². The van der Waals surface area contributed by atoms with E-state index in [2.05, 4.69) is 4.98 Å². The van der Waals surface area contributed by atoms with E-state index in [0.717, 1.165) is 11.1 Å². The topological polar surface area (TPSA) is 70.8 Å². The van der Waals surface area contributed by atoms with Gasteiger partial charge in [-0.2, -0.15) is 0 Å². The molecule has 7 heteroatoms. The first-order valence-corrected chi connectivity index (χ1v) is 8.54. The molecule has 0 spiro atoms. The Morgan fingerprint density at radius 1 is 1.07 bits per heavy atom. The molecule has 0 atom stereocenters. The predicted molar refractivity (Wildman–Crippen MR) is 100.0 cm³/mol. The summed E-state index contributed by atoms with van der Waals surface area (Å²) in [5, 5.41) is 0.641. The number of nitrogens with zero attached hydrogens (tertiary/aromatic N) is 1. The highest BCUT2D eigenvalue weighted by Crippen LogP contribution is 2.28. The highest BCUT2D eigenvalue weighted by atomic mass is 35.5. The quantitative estimate of drug-likeness (QED) is 0.563. The minimum Gasteiger partial charge on any atom is -0.493 e. The summed E-state index contributed by atoms with van der Waals surface area (Å²) in [4.78, 5) is 16.2. The molecule has 0 unspecified atom stereocenters. The summed E-state index contributed by atoms with van der Waals surface area (Å²) in [5.74, 6) is 1.67. The number of methoxy groups -OCH3 is 2. The number of halogens is 1. The smallest absolute Gasteiger partial charge is 0.310 e. The zero-order valence-corrected chi connectivity index (χ0v) is 15.7. The van der Waals surface area contributed by atoms with Gasteiger partial charge in [0.2, 0.25) is 5.89 Å². The van der Waals surface area contributed by atoms with Crippen LogP contribution in [0.2, 0.25) is 5.02 Å². The van der Waals surface area contributed by atoms with Gasteiger partial charge < -0.3 is 18.6 Å². The number of oxazole rings is 1. The predicted octanol–water partition coefficient (Wildman–Crippen LogP) is 4.30.